The van der Waals surface area contributed by atoms with Crippen LogP contribution in [0.4, 0.5) is 10.5 Å². The Bertz CT molecular complexity index is 1270. The van der Waals surface area contributed by atoms with E-state index in [-0.39, 0.29) is 0 Å². The molecule has 3 aliphatic rings. The molecule has 2 aliphatic carbocycles. The van der Waals surface area contributed by atoms with Crippen molar-refractivity contribution in [2.45, 2.75) is 50.7 Å². The highest BCUT2D eigenvalue weighted by atomic mass is 32.2. The monoisotopic (exact) mass is 482 g/mol. The lowest BCUT2D eigenvalue weighted by molar-refractivity contribution is 0.256. The minimum Gasteiger partial charge on any atom is -0.444 e. The van der Waals surface area contributed by atoms with Gasteiger partial charge in [0.2, 0.25) is 15.9 Å². The number of carbonyl (C=O) groups is 1. The molecule has 0 spiro atoms. The third-order valence-corrected chi connectivity index (χ3v) is 8.48. The van der Waals surface area contributed by atoms with Gasteiger partial charge in [0, 0.05) is 37.3 Å². The lowest BCUT2D eigenvalue weighted by Crippen LogP contribution is -2.36. The topological polar surface area (TPSA) is 101 Å². The van der Waals surface area contributed by atoms with Gasteiger partial charge in [0.1, 0.15) is 5.76 Å². The fourth-order valence-electron chi connectivity index (χ4n) is 4.73. The molecule has 1 aliphatic heterocycles. The predicted molar refractivity (Wildman–Crippen MR) is 131 cm³/mol. The molecule has 0 unspecified atom stereocenters. The molecule has 5 rings (SSSR count). The van der Waals surface area contributed by atoms with Crippen molar-refractivity contribution in [1.29, 1.82) is 0 Å². The molecule has 180 valence electrons. The van der Waals surface area contributed by atoms with Crippen LogP contribution in [0.1, 0.15) is 42.4 Å². The van der Waals surface area contributed by atoms with Gasteiger partial charge in [0.05, 0.1) is 10.9 Å². The van der Waals surface area contributed by atoms with Crippen LogP contribution < -0.4 is 14.8 Å². The molecule has 2 amide bonds. The number of carbonyl (C=O) groups excluding carboxylic acids is 1. The van der Waals surface area contributed by atoms with Gasteiger partial charge in [-0.2, -0.15) is 0 Å². The molecule has 8 nitrogen and oxygen atoms in total. The van der Waals surface area contributed by atoms with Gasteiger partial charge in [0.25, 0.3) is 0 Å². The van der Waals surface area contributed by atoms with Gasteiger partial charge < -0.3 is 15.0 Å². The smallest absolute Gasteiger partial charge is 0.332 e. The van der Waals surface area contributed by atoms with E-state index >= 15 is 0 Å². The summed E-state index contributed by atoms with van der Waals surface area (Å²) in [5, 5.41) is 2.42. The Labute approximate surface area is 200 Å². The SMILES string of the molecule is Cc1cc2c(c(NC(=O)NS(=O)(=O)C3CC3)c1-c1ccnc(OC3=CCN(C)CC3)c1)CCC2. The highest BCUT2D eigenvalue weighted by Crippen LogP contribution is 2.41. The summed E-state index contributed by atoms with van der Waals surface area (Å²) in [5.41, 5.74) is 5.68. The van der Waals surface area contributed by atoms with Gasteiger partial charge in [0.15, 0.2) is 0 Å². The Hall–Kier alpha value is -2.91. The molecule has 0 atom stereocenters. The van der Waals surface area contributed by atoms with E-state index in [4.69, 9.17) is 4.74 Å². The van der Waals surface area contributed by atoms with Gasteiger partial charge in [-0.05, 0) is 80.5 Å². The second-order valence-electron chi connectivity index (χ2n) is 9.40. The number of aryl methyl sites for hydroxylation is 2. The van der Waals surface area contributed by atoms with Crippen LogP contribution in [0.5, 0.6) is 5.88 Å². The maximum absolute atomic E-state index is 12.8. The molecular weight excluding hydrogens is 452 g/mol. The van der Waals surface area contributed by atoms with Crippen molar-refractivity contribution >= 4 is 21.7 Å². The van der Waals surface area contributed by atoms with Gasteiger partial charge in [-0.1, -0.05) is 6.07 Å². The summed E-state index contributed by atoms with van der Waals surface area (Å²) in [6.07, 6.45) is 8.57. The zero-order chi connectivity index (χ0) is 23.9. The fraction of sp³-hybridized carbons (Fsp3) is 0.440. The van der Waals surface area contributed by atoms with E-state index in [1.807, 2.05) is 19.1 Å². The number of hydrogen-bond acceptors (Lipinski definition) is 6. The molecule has 1 aromatic carbocycles. The second-order valence-corrected chi connectivity index (χ2v) is 11.4. The maximum atomic E-state index is 12.8. The number of pyridine rings is 1. The lowest BCUT2D eigenvalue weighted by Gasteiger charge is -2.22. The molecule has 1 saturated carbocycles. The van der Waals surface area contributed by atoms with Crippen molar-refractivity contribution < 1.29 is 17.9 Å². The number of amides is 2. The predicted octanol–water partition coefficient (Wildman–Crippen LogP) is 3.76. The van der Waals surface area contributed by atoms with Crippen LogP contribution in [0.3, 0.4) is 0 Å². The van der Waals surface area contributed by atoms with Gasteiger partial charge in [-0.25, -0.2) is 22.9 Å². The summed E-state index contributed by atoms with van der Waals surface area (Å²) in [6, 6.07) is 5.23. The standard InChI is InChI=1S/C25H30N4O4S/c1-16-14-17-4-3-5-21(17)24(27-25(30)28-34(31,32)20-6-7-20)23(16)18-8-11-26-22(15-18)33-19-9-12-29(2)13-10-19/h8-9,11,14-15,20H,3-7,10,12-13H2,1-2H3,(H2,27,28,30). The maximum Gasteiger partial charge on any atom is 0.332 e. The second kappa shape index (κ2) is 9.03. The van der Waals surface area contributed by atoms with Crippen molar-refractivity contribution in [2.24, 2.45) is 0 Å². The zero-order valence-corrected chi connectivity index (χ0v) is 20.4. The fourth-order valence-corrected chi connectivity index (χ4v) is 5.97. The van der Waals surface area contributed by atoms with E-state index in [1.165, 1.54) is 5.56 Å². The van der Waals surface area contributed by atoms with E-state index in [1.54, 1.807) is 6.20 Å². The minimum atomic E-state index is -3.64. The molecule has 0 bridgehead atoms. The molecule has 0 saturated heterocycles. The number of rotatable bonds is 6. The average Bonchev–Trinajstić information content (AvgIpc) is 3.55. The minimum absolute atomic E-state index is 0.463. The zero-order valence-electron chi connectivity index (χ0n) is 19.6. The molecule has 2 aromatic rings. The number of fused-ring (bicyclic) bond motifs is 1. The van der Waals surface area contributed by atoms with Crippen LogP contribution in [0.15, 0.2) is 36.2 Å². The summed E-state index contributed by atoms with van der Waals surface area (Å²) in [6.45, 7) is 3.78. The number of ether oxygens (including phenoxy) is 1. The molecule has 2 N–H and O–H groups in total. The first-order valence-corrected chi connectivity index (χ1v) is 13.3. The number of hydrogen-bond donors (Lipinski definition) is 2. The summed E-state index contributed by atoms with van der Waals surface area (Å²) in [5.74, 6) is 1.40. The molecular formula is C25H30N4O4S. The van der Waals surface area contributed by atoms with E-state index in [0.717, 1.165) is 66.8 Å². The van der Waals surface area contributed by atoms with Crippen LogP contribution in [0.25, 0.3) is 11.1 Å². The van der Waals surface area contributed by atoms with E-state index < -0.39 is 21.3 Å². The molecule has 9 heteroatoms. The Balaban J connectivity index is 1.47. The van der Waals surface area contributed by atoms with Crippen molar-refractivity contribution in [3.05, 3.63) is 52.9 Å². The largest absolute Gasteiger partial charge is 0.444 e. The van der Waals surface area contributed by atoms with E-state index in [9.17, 15) is 13.2 Å². The van der Waals surface area contributed by atoms with Crippen LogP contribution >= 0.6 is 0 Å². The Kier molecular flexibility index (Phi) is 6.07. The highest BCUT2D eigenvalue weighted by molar-refractivity contribution is 7.90. The first-order valence-electron chi connectivity index (χ1n) is 11.8. The van der Waals surface area contributed by atoms with E-state index in [0.29, 0.717) is 24.4 Å². The number of aromatic nitrogens is 1. The van der Waals surface area contributed by atoms with Gasteiger partial charge >= 0.3 is 6.03 Å². The number of sulfonamides is 1. The first-order chi connectivity index (χ1) is 16.3. The van der Waals surface area contributed by atoms with Crippen molar-refractivity contribution in [1.82, 2.24) is 14.6 Å². The quantitative estimate of drug-likeness (QED) is 0.650. The number of benzene rings is 1. The molecule has 1 fully saturated rings. The van der Waals surface area contributed by atoms with Crippen LogP contribution in [-0.4, -0.2) is 49.7 Å². The number of anilines is 1. The Morgan fingerprint density at radius 2 is 2.03 bits per heavy atom. The summed E-state index contributed by atoms with van der Waals surface area (Å²) in [4.78, 5) is 19.4. The van der Waals surface area contributed by atoms with E-state index in [2.05, 4.69) is 39.1 Å². The summed E-state index contributed by atoms with van der Waals surface area (Å²) >= 11 is 0. The average molecular weight is 483 g/mol. The number of urea groups is 1. The van der Waals surface area contributed by atoms with Crippen LogP contribution in [0, 0.1) is 6.92 Å². The van der Waals surface area contributed by atoms with Crippen molar-refractivity contribution in [3.63, 3.8) is 0 Å². The normalized spacial score (nSPS) is 18.2. The molecule has 0 radical (unpaired) electrons. The molecule has 1 aromatic heterocycles. The highest BCUT2D eigenvalue weighted by Gasteiger charge is 2.37. The number of nitrogens with zero attached hydrogens (tertiary/aromatic N) is 2. The lowest BCUT2D eigenvalue weighted by atomic mass is 9.93. The van der Waals surface area contributed by atoms with Gasteiger partial charge in [-0.15, -0.1) is 0 Å². The Morgan fingerprint density at radius 3 is 2.76 bits per heavy atom. The Morgan fingerprint density at radius 1 is 1.21 bits per heavy atom. The van der Waals surface area contributed by atoms with Crippen molar-refractivity contribution in [2.75, 3.05) is 25.5 Å². The number of nitrogens with one attached hydrogen (secondary N) is 2. The summed E-state index contributed by atoms with van der Waals surface area (Å²) in [7, 11) is -1.56. The first kappa shape index (κ1) is 22.9. The van der Waals surface area contributed by atoms with Crippen LogP contribution in [0.2, 0.25) is 0 Å². The van der Waals surface area contributed by atoms with Crippen molar-refractivity contribution in [3.8, 4) is 17.0 Å². The third-order valence-electron chi connectivity index (χ3n) is 6.66. The molecule has 34 heavy (non-hydrogen) atoms. The van der Waals surface area contributed by atoms with Crippen LogP contribution in [-0.2, 0) is 22.9 Å². The number of likely N-dealkylation sites (N-methyl/N-ethyl adjacent to an activating group) is 1. The van der Waals surface area contributed by atoms with Gasteiger partial charge in [-0.3, -0.25) is 0 Å². The summed E-state index contributed by atoms with van der Waals surface area (Å²) < 4.78 is 32.9. The molecule has 2 heterocycles. The third kappa shape index (κ3) is 4.81.